The molecule has 2 aromatic rings. The van der Waals surface area contributed by atoms with Crippen LogP contribution < -0.4 is 25.4 Å². The predicted molar refractivity (Wildman–Crippen MR) is 141 cm³/mol. The largest absolute Gasteiger partial charge is 0.493 e. The van der Waals surface area contributed by atoms with Gasteiger partial charge in [-0.3, -0.25) is 4.79 Å². The molecule has 8 nitrogen and oxygen atoms in total. The fraction of sp³-hybridized carbons (Fsp3) is 0.500. The molecule has 3 amide bonds. The molecule has 0 unspecified atom stereocenters. The van der Waals surface area contributed by atoms with Gasteiger partial charge in [-0.2, -0.15) is 0 Å². The lowest BCUT2D eigenvalue weighted by molar-refractivity contribution is -0.132. The number of nitrogens with zero attached hydrogens (tertiary/aromatic N) is 1. The number of hydrogen-bond donors (Lipinski definition) is 3. The van der Waals surface area contributed by atoms with E-state index in [0.29, 0.717) is 30.9 Å². The summed E-state index contributed by atoms with van der Waals surface area (Å²) in [6.45, 7) is 3.71. The van der Waals surface area contributed by atoms with Crippen molar-refractivity contribution in [2.45, 2.75) is 56.5 Å². The molecule has 2 aromatic carbocycles. The molecule has 0 spiro atoms. The zero-order valence-electron chi connectivity index (χ0n) is 22.1. The lowest BCUT2D eigenvalue weighted by atomic mass is 9.65. The third kappa shape index (κ3) is 5.70. The topological polar surface area (TPSA) is 91.9 Å². The summed E-state index contributed by atoms with van der Waals surface area (Å²) in [6.07, 6.45) is 3.77. The molecule has 4 rings (SSSR count). The van der Waals surface area contributed by atoms with Gasteiger partial charge in [0.05, 0.1) is 20.8 Å². The van der Waals surface area contributed by atoms with Crippen LogP contribution in [0.2, 0.25) is 0 Å². The van der Waals surface area contributed by atoms with E-state index in [9.17, 15) is 18.4 Å². The lowest BCUT2D eigenvalue weighted by Crippen LogP contribution is -2.55. The molecule has 3 atom stereocenters. The molecule has 2 aliphatic rings. The normalized spacial score (nSPS) is 22.5. The number of rotatable bonds is 9. The number of ether oxygens (including phenoxy) is 2. The zero-order chi connectivity index (χ0) is 27.3. The summed E-state index contributed by atoms with van der Waals surface area (Å²) in [4.78, 5) is 27.9. The number of anilines is 1. The van der Waals surface area contributed by atoms with Crippen LogP contribution in [0.3, 0.4) is 0 Å². The van der Waals surface area contributed by atoms with E-state index in [1.807, 2.05) is 23.1 Å². The highest BCUT2D eigenvalue weighted by atomic mass is 19.2. The second-order valence-corrected chi connectivity index (χ2v) is 9.95. The summed E-state index contributed by atoms with van der Waals surface area (Å²) < 4.78 is 37.8. The first-order chi connectivity index (χ1) is 18.3. The molecule has 1 aliphatic carbocycles. The molecule has 38 heavy (non-hydrogen) atoms. The molecule has 0 bridgehead atoms. The van der Waals surface area contributed by atoms with E-state index >= 15 is 0 Å². The maximum Gasteiger partial charge on any atom is 0.319 e. The molecule has 1 saturated carbocycles. The van der Waals surface area contributed by atoms with Crippen LogP contribution in [0.25, 0.3) is 0 Å². The Hall–Kier alpha value is -3.40. The Morgan fingerprint density at radius 3 is 2.55 bits per heavy atom. The molecular weight excluding hydrogens is 494 g/mol. The Morgan fingerprint density at radius 1 is 1.05 bits per heavy atom. The van der Waals surface area contributed by atoms with Crippen LogP contribution in [0.15, 0.2) is 36.4 Å². The monoisotopic (exact) mass is 530 g/mol. The number of amides is 3. The van der Waals surface area contributed by atoms with Gasteiger partial charge in [-0.15, -0.1) is 0 Å². The number of halogens is 2. The first-order valence-corrected chi connectivity index (χ1v) is 13.1. The van der Waals surface area contributed by atoms with Crippen molar-refractivity contribution in [3.8, 4) is 11.5 Å². The maximum absolute atomic E-state index is 13.6. The van der Waals surface area contributed by atoms with Crippen LogP contribution >= 0.6 is 0 Å². The van der Waals surface area contributed by atoms with Crippen molar-refractivity contribution >= 4 is 17.6 Å². The molecule has 1 saturated heterocycles. The fourth-order valence-corrected chi connectivity index (χ4v) is 5.86. The van der Waals surface area contributed by atoms with E-state index in [1.165, 1.54) is 6.07 Å². The number of fused-ring (bicyclic) bond motifs is 1. The standard InChI is InChI=1S/C28H36F2N4O4/c1-4-12-31-17-26(35)34-13-11-28(18-5-8-23(37-2)24(14-18)38-3)10-9-20(16-25(28)34)33-27(36)32-19-6-7-21(29)22(30)15-19/h5-8,14-15,20,25,31H,4,9-13,16-17H2,1-3H3,(H2,32,33,36)/t20-,25+,28+/m1/s1. The summed E-state index contributed by atoms with van der Waals surface area (Å²) in [6, 6.07) is 8.33. The minimum atomic E-state index is -1.03. The maximum atomic E-state index is 13.6. The number of nitrogens with one attached hydrogen (secondary N) is 3. The number of methoxy groups -OCH3 is 2. The van der Waals surface area contributed by atoms with Crippen LogP contribution in [-0.4, -0.2) is 62.8 Å². The van der Waals surface area contributed by atoms with Gasteiger partial charge in [0.1, 0.15) is 0 Å². The Bertz CT molecular complexity index is 1160. The van der Waals surface area contributed by atoms with Crippen LogP contribution in [0.4, 0.5) is 19.3 Å². The van der Waals surface area contributed by atoms with E-state index in [4.69, 9.17) is 9.47 Å². The Balaban J connectivity index is 1.54. The van der Waals surface area contributed by atoms with Crippen molar-refractivity contribution in [3.63, 3.8) is 0 Å². The van der Waals surface area contributed by atoms with Crippen LogP contribution in [0, 0.1) is 11.6 Å². The highest BCUT2D eigenvalue weighted by Crippen LogP contribution is 2.50. The highest BCUT2D eigenvalue weighted by molar-refractivity contribution is 5.89. The summed E-state index contributed by atoms with van der Waals surface area (Å²) in [7, 11) is 3.20. The Morgan fingerprint density at radius 2 is 1.84 bits per heavy atom. The summed E-state index contributed by atoms with van der Waals surface area (Å²) in [5.74, 6) is -0.689. The molecule has 0 aromatic heterocycles. The highest BCUT2D eigenvalue weighted by Gasteiger charge is 2.53. The van der Waals surface area contributed by atoms with Gasteiger partial charge in [-0.25, -0.2) is 13.6 Å². The molecular formula is C28H36F2N4O4. The number of urea groups is 1. The van der Waals surface area contributed by atoms with Gasteiger partial charge < -0.3 is 30.3 Å². The molecule has 2 fully saturated rings. The van der Waals surface area contributed by atoms with Crippen molar-refractivity contribution in [2.75, 3.05) is 39.2 Å². The fourth-order valence-electron chi connectivity index (χ4n) is 5.86. The van der Waals surface area contributed by atoms with E-state index in [0.717, 1.165) is 43.5 Å². The number of hydrogen-bond acceptors (Lipinski definition) is 5. The van der Waals surface area contributed by atoms with Gasteiger partial charge in [-0.05, 0) is 68.5 Å². The molecule has 206 valence electrons. The third-order valence-electron chi connectivity index (χ3n) is 7.75. The molecule has 3 N–H and O–H groups in total. The summed E-state index contributed by atoms with van der Waals surface area (Å²) in [5.41, 5.74) is 0.965. The minimum Gasteiger partial charge on any atom is -0.493 e. The molecule has 1 heterocycles. The average Bonchev–Trinajstić information content (AvgIpc) is 3.30. The summed E-state index contributed by atoms with van der Waals surface area (Å²) in [5, 5.41) is 8.75. The first-order valence-electron chi connectivity index (χ1n) is 13.1. The van der Waals surface area contributed by atoms with Gasteiger partial charge >= 0.3 is 6.03 Å². The second kappa shape index (κ2) is 12.0. The van der Waals surface area contributed by atoms with Crippen LogP contribution in [0.1, 0.15) is 44.6 Å². The van der Waals surface area contributed by atoms with Crippen molar-refractivity contribution in [3.05, 3.63) is 53.6 Å². The molecule has 10 heteroatoms. The van der Waals surface area contributed by atoms with Gasteiger partial charge in [0.25, 0.3) is 0 Å². The number of benzene rings is 2. The smallest absolute Gasteiger partial charge is 0.319 e. The van der Waals surface area contributed by atoms with Crippen molar-refractivity contribution in [1.82, 2.24) is 15.5 Å². The van der Waals surface area contributed by atoms with E-state index in [1.54, 1.807) is 14.2 Å². The van der Waals surface area contributed by atoms with E-state index in [2.05, 4.69) is 22.9 Å². The number of likely N-dealkylation sites (tertiary alicyclic amines) is 1. The van der Waals surface area contributed by atoms with Gasteiger partial charge in [0.2, 0.25) is 5.91 Å². The predicted octanol–water partition coefficient (Wildman–Crippen LogP) is 4.19. The minimum absolute atomic E-state index is 0.0395. The van der Waals surface area contributed by atoms with Crippen LogP contribution in [-0.2, 0) is 10.2 Å². The molecule has 0 radical (unpaired) electrons. The van der Waals surface area contributed by atoms with E-state index < -0.39 is 17.7 Å². The third-order valence-corrected chi connectivity index (χ3v) is 7.75. The van der Waals surface area contributed by atoms with Crippen molar-refractivity contribution in [1.29, 1.82) is 0 Å². The van der Waals surface area contributed by atoms with Crippen molar-refractivity contribution in [2.24, 2.45) is 0 Å². The number of carbonyl (C=O) groups is 2. The molecule has 1 aliphatic heterocycles. The van der Waals surface area contributed by atoms with Crippen molar-refractivity contribution < 1.29 is 27.8 Å². The average molecular weight is 531 g/mol. The van der Waals surface area contributed by atoms with E-state index in [-0.39, 0.29) is 35.6 Å². The lowest BCUT2D eigenvalue weighted by Gasteiger charge is -2.45. The van der Waals surface area contributed by atoms with Gasteiger partial charge in [-0.1, -0.05) is 13.0 Å². The number of carbonyl (C=O) groups excluding carboxylic acids is 2. The Kier molecular flexibility index (Phi) is 8.71. The summed E-state index contributed by atoms with van der Waals surface area (Å²) >= 11 is 0. The SMILES string of the molecule is CCCNCC(=O)N1CC[C@]2(c3ccc(OC)c(OC)c3)CC[C@@H](NC(=O)Nc3ccc(F)c(F)c3)C[C@H]12. The van der Waals surface area contributed by atoms with Gasteiger partial charge in [0.15, 0.2) is 23.1 Å². The van der Waals surface area contributed by atoms with Crippen LogP contribution in [0.5, 0.6) is 11.5 Å². The van der Waals surface area contributed by atoms with Gasteiger partial charge in [0, 0.05) is 35.8 Å². The quantitative estimate of drug-likeness (QED) is 0.423. The zero-order valence-corrected chi connectivity index (χ0v) is 22.1. The Labute approximate surface area is 222 Å². The first kappa shape index (κ1) is 27.6. The second-order valence-electron chi connectivity index (χ2n) is 9.95.